The summed E-state index contributed by atoms with van der Waals surface area (Å²) in [5.74, 6) is -0.201. The van der Waals surface area contributed by atoms with Crippen molar-refractivity contribution in [1.82, 2.24) is 5.32 Å². The van der Waals surface area contributed by atoms with Crippen LogP contribution in [0.2, 0.25) is 0 Å². The Morgan fingerprint density at radius 2 is 2.06 bits per heavy atom. The normalized spacial score (nSPS) is 12.7. The average Bonchev–Trinajstić information content (AvgIpc) is 2.74. The van der Waals surface area contributed by atoms with Gasteiger partial charge in [0.15, 0.2) is 0 Å². The van der Waals surface area contributed by atoms with E-state index in [0.29, 0.717) is 5.56 Å². The zero-order chi connectivity index (χ0) is 13.1. The molecule has 2 rings (SSSR count). The smallest absolute Gasteiger partial charge is 0.129 e. The summed E-state index contributed by atoms with van der Waals surface area (Å²) >= 11 is 8.55. The van der Waals surface area contributed by atoms with E-state index >= 15 is 0 Å². The lowest BCUT2D eigenvalue weighted by molar-refractivity contribution is 0.556. The van der Waals surface area contributed by atoms with Crippen molar-refractivity contribution >= 4 is 43.2 Å². The molecule has 5 heteroatoms. The Hall–Kier alpha value is -0.230. The van der Waals surface area contributed by atoms with Crippen molar-refractivity contribution in [2.24, 2.45) is 0 Å². The molecular formula is C13H12Br2FNS. The third-order valence-corrected chi connectivity index (χ3v) is 5.09. The lowest BCUT2D eigenvalue weighted by Crippen LogP contribution is -2.23. The maximum Gasteiger partial charge on any atom is 0.129 e. The Balaban J connectivity index is 2.52. The molecule has 0 aliphatic carbocycles. The molecule has 1 nitrogen and oxygen atoms in total. The Bertz CT molecular complexity index is 521. The summed E-state index contributed by atoms with van der Waals surface area (Å²) in [5.41, 5.74) is 1.71. The van der Waals surface area contributed by atoms with Crippen LogP contribution in [0.1, 0.15) is 24.1 Å². The zero-order valence-electron chi connectivity index (χ0n) is 9.71. The quantitative estimate of drug-likeness (QED) is 0.762. The van der Waals surface area contributed by atoms with Gasteiger partial charge in [0.1, 0.15) is 5.82 Å². The van der Waals surface area contributed by atoms with E-state index in [0.717, 1.165) is 21.1 Å². The van der Waals surface area contributed by atoms with Crippen LogP contribution in [-0.4, -0.2) is 6.54 Å². The predicted molar refractivity (Wildman–Crippen MR) is 81.6 cm³/mol. The first-order valence-electron chi connectivity index (χ1n) is 5.54. The van der Waals surface area contributed by atoms with Crippen LogP contribution in [0.3, 0.4) is 0 Å². The molecule has 0 saturated heterocycles. The molecule has 0 aliphatic rings. The Morgan fingerprint density at radius 3 is 2.61 bits per heavy atom. The summed E-state index contributed by atoms with van der Waals surface area (Å²) < 4.78 is 15.9. The molecule has 0 saturated carbocycles. The molecule has 1 aromatic carbocycles. The van der Waals surface area contributed by atoms with Crippen molar-refractivity contribution in [3.05, 3.63) is 54.8 Å². The molecule has 0 fully saturated rings. The SMILES string of the molecule is CCNC(c1cscc1Br)c1c(F)cccc1Br. The van der Waals surface area contributed by atoms with Crippen LogP contribution in [0.4, 0.5) is 4.39 Å². The minimum atomic E-state index is -0.201. The highest BCUT2D eigenvalue weighted by Crippen LogP contribution is 2.35. The third kappa shape index (κ3) is 2.85. The maximum absolute atomic E-state index is 14.1. The topological polar surface area (TPSA) is 12.0 Å². The summed E-state index contributed by atoms with van der Waals surface area (Å²) in [5, 5.41) is 7.38. The Kier molecular flexibility index (Phi) is 4.95. The van der Waals surface area contributed by atoms with Crippen LogP contribution >= 0.6 is 43.2 Å². The van der Waals surface area contributed by atoms with Crippen LogP contribution in [0.15, 0.2) is 37.9 Å². The van der Waals surface area contributed by atoms with E-state index in [2.05, 4.69) is 37.2 Å². The fraction of sp³-hybridized carbons (Fsp3) is 0.231. The Labute approximate surface area is 127 Å². The largest absolute Gasteiger partial charge is 0.306 e. The van der Waals surface area contributed by atoms with Gasteiger partial charge in [-0.25, -0.2) is 4.39 Å². The lowest BCUT2D eigenvalue weighted by Gasteiger charge is -2.20. The first-order valence-corrected chi connectivity index (χ1v) is 8.07. The van der Waals surface area contributed by atoms with Crippen LogP contribution in [0, 0.1) is 5.82 Å². The molecule has 0 radical (unpaired) electrons. The molecule has 0 bridgehead atoms. The van der Waals surface area contributed by atoms with Crippen molar-refractivity contribution in [1.29, 1.82) is 0 Å². The molecule has 2 aromatic rings. The fourth-order valence-corrected chi connectivity index (χ4v) is 3.98. The average molecular weight is 393 g/mol. The number of hydrogen-bond acceptors (Lipinski definition) is 2. The molecule has 1 unspecified atom stereocenters. The minimum Gasteiger partial charge on any atom is -0.306 e. The molecule has 96 valence electrons. The van der Waals surface area contributed by atoms with Crippen LogP contribution < -0.4 is 5.32 Å². The lowest BCUT2D eigenvalue weighted by atomic mass is 10.0. The van der Waals surface area contributed by atoms with Crippen LogP contribution in [0.5, 0.6) is 0 Å². The number of hydrogen-bond donors (Lipinski definition) is 1. The number of benzene rings is 1. The van der Waals surface area contributed by atoms with Crippen molar-refractivity contribution in [2.45, 2.75) is 13.0 Å². The molecule has 1 N–H and O–H groups in total. The van der Waals surface area contributed by atoms with Gasteiger partial charge < -0.3 is 5.32 Å². The van der Waals surface area contributed by atoms with Gasteiger partial charge in [-0.1, -0.05) is 28.9 Å². The number of rotatable bonds is 4. The molecule has 0 spiro atoms. The van der Waals surface area contributed by atoms with Gasteiger partial charge in [-0.3, -0.25) is 0 Å². The van der Waals surface area contributed by atoms with E-state index in [1.165, 1.54) is 6.07 Å². The van der Waals surface area contributed by atoms with E-state index in [9.17, 15) is 4.39 Å². The maximum atomic E-state index is 14.1. The number of nitrogens with one attached hydrogen (secondary N) is 1. The number of thiophene rings is 1. The van der Waals surface area contributed by atoms with Gasteiger partial charge in [0.25, 0.3) is 0 Å². The summed E-state index contributed by atoms with van der Waals surface area (Å²) in [4.78, 5) is 0. The third-order valence-electron chi connectivity index (χ3n) is 2.65. The first-order chi connectivity index (χ1) is 8.65. The van der Waals surface area contributed by atoms with E-state index in [4.69, 9.17) is 0 Å². The summed E-state index contributed by atoms with van der Waals surface area (Å²) in [6.07, 6.45) is 0. The van der Waals surface area contributed by atoms with Gasteiger partial charge in [-0.15, -0.1) is 0 Å². The van der Waals surface area contributed by atoms with Gasteiger partial charge in [0.2, 0.25) is 0 Å². The summed E-state index contributed by atoms with van der Waals surface area (Å²) in [7, 11) is 0. The van der Waals surface area contributed by atoms with E-state index in [-0.39, 0.29) is 11.9 Å². The van der Waals surface area contributed by atoms with E-state index in [1.54, 1.807) is 17.4 Å². The van der Waals surface area contributed by atoms with Crippen molar-refractivity contribution in [3.8, 4) is 0 Å². The van der Waals surface area contributed by atoms with E-state index < -0.39 is 0 Å². The zero-order valence-corrected chi connectivity index (χ0v) is 13.7. The van der Waals surface area contributed by atoms with Gasteiger partial charge in [0, 0.05) is 19.9 Å². The first kappa shape index (κ1) is 14.2. The highest BCUT2D eigenvalue weighted by Gasteiger charge is 2.22. The van der Waals surface area contributed by atoms with Crippen LogP contribution in [0.25, 0.3) is 0 Å². The molecule has 18 heavy (non-hydrogen) atoms. The summed E-state index contributed by atoms with van der Waals surface area (Å²) in [6, 6.07) is 4.91. The van der Waals surface area contributed by atoms with Crippen molar-refractivity contribution < 1.29 is 4.39 Å². The Morgan fingerprint density at radius 1 is 1.28 bits per heavy atom. The second-order valence-corrected chi connectivity index (χ2v) is 6.25. The molecule has 0 amide bonds. The van der Waals surface area contributed by atoms with Gasteiger partial charge in [-0.05, 0) is 45.6 Å². The fourth-order valence-electron chi connectivity index (χ4n) is 1.86. The molecule has 1 heterocycles. The second-order valence-electron chi connectivity index (χ2n) is 3.80. The minimum absolute atomic E-state index is 0.147. The predicted octanol–water partition coefficient (Wildman–Crippen LogP) is 5.11. The standard InChI is InChI=1S/C13H12Br2FNS/c1-2-17-13(8-6-18-7-10(8)15)12-9(14)4-3-5-11(12)16/h3-7,13,17H,2H2,1H3. The molecule has 1 atom stereocenters. The summed E-state index contributed by atoms with van der Waals surface area (Å²) in [6.45, 7) is 2.79. The number of halogens is 3. The molecule has 1 aromatic heterocycles. The highest BCUT2D eigenvalue weighted by atomic mass is 79.9. The van der Waals surface area contributed by atoms with Crippen molar-refractivity contribution in [2.75, 3.05) is 6.54 Å². The molecular weight excluding hydrogens is 381 g/mol. The van der Waals surface area contributed by atoms with Gasteiger partial charge in [0.05, 0.1) is 6.04 Å². The van der Waals surface area contributed by atoms with Gasteiger partial charge >= 0.3 is 0 Å². The highest BCUT2D eigenvalue weighted by molar-refractivity contribution is 9.10. The molecule has 0 aliphatic heterocycles. The van der Waals surface area contributed by atoms with Gasteiger partial charge in [-0.2, -0.15) is 11.3 Å². The second kappa shape index (κ2) is 6.28. The van der Waals surface area contributed by atoms with E-state index in [1.807, 2.05) is 23.8 Å². The van der Waals surface area contributed by atoms with Crippen LogP contribution in [-0.2, 0) is 0 Å². The monoisotopic (exact) mass is 391 g/mol. The van der Waals surface area contributed by atoms with Crippen molar-refractivity contribution in [3.63, 3.8) is 0 Å².